The minimum Gasteiger partial charge on any atom is -0.481 e. The standard InChI is InChI=1S/C25H29N3O4S/c1-15-9-17-3-2-8-26-25(17)28-20(15)5-7-23-27-19(13-33-23)10-18(12-24(29)30)16-4-6-21-22(11-16)32-14-31-21/h4,6,11,13,15,18,26H,2-3,5,7-10,12,14H2,1H3,(H,29,30)/t15?,18-/m0/s1. The van der Waals surface area contributed by atoms with Crippen LogP contribution >= 0.6 is 11.3 Å². The summed E-state index contributed by atoms with van der Waals surface area (Å²) in [6.45, 7) is 3.49. The van der Waals surface area contributed by atoms with Crippen LogP contribution in [0.15, 0.2) is 40.0 Å². The molecule has 2 atom stereocenters. The number of allylic oxidation sites excluding steroid dienone is 1. The van der Waals surface area contributed by atoms with Crippen LogP contribution in [0.2, 0.25) is 0 Å². The minimum atomic E-state index is -0.817. The van der Waals surface area contributed by atoms with Gasteiger partial charge in [0, 0.05) is 30.0 Å². The van der Waals surface area contributed by atoms with Gasteiger partial charge in [-0.3, -0.25) is 4.79 Å². The lowest BCUT2D eigenvalue weighted by Crippen LogP contribution is -2.28. The maximum atomic E-state index is 11.5. The van der Waals surface area contributed by atoms with Gasteiger partial charge in [0.1, 0.15) is 5.82 Å². The fourth-order valence-corrected chi connectivity index (χ4v) is 5.65. The smallest absolute Gasteiger partial charge is 0.303 e. The van der Waals surface area contributed by atoms with E-state index in [1.807, 2.05) is 18.2 Å². The van der Waals surface area contributed by atoms with Crippen LogP contribution in [-0.2, 0) is 17.6 Å². The number of aryl methyl sites for hydroxylation is 1. The normalized spacial score (nSPS) is 20.2. The van der Waals surface area contributed by atoms with E-state index in [1.54, 1.807) is 11.3 Å². The molecular formula is C25H29N3O4S. The van der Waals surface area contributed by atoms with E-state index in [1.165, 1.54) is 24.1 Å². The fraction of sp³-hybridized carbons (Fsp3) is 0.480. The Morgan fingerprint density at radius 2 is 2.18 bits per heavy atom. The van der Waals surface area contributed by atoms with Crippen molar-refractivity contribution in [2.45, 2.75) is 57.8 Å². The summed E-state index contributed by atoms with van der Waals surface area (Å²) in [5.74, 6) is 1.98. The summed E-state index contributed by atoms with van der Waals surface area (Å²) in [5, 5.41) is 16.1. The maximum Gasteiger partial charge on any atom is 0.303 e. The molecule has 4 heterocycles. The van der Waals surface area contributed by atoms with Gasteiger partial charge in [0.05, 0.1) is 17.1 Å². The van der Waals surface area contributed by atoms with E-state index < -0.39 is 5.97 Å². The van der Waals surface area contributed by atoms with Crippen molar-refractivity contribution in [2.24, 2.45) is 10.9 Å². The Bertz CT molecular complexity index is 1110. The number of aliphatic imine (C=N–C) groups is 1. The number of nitrogens with zero attached hydrogens (tertiary/aromatic N) is 2. The van der Waals surface area contributed by atoms with Crippen molar-refractivity contribution in [1.29, 1.82) is 0 Å². The first-order valence-electron chi connectivity index (χ1n) is 11.6. The van der Waals surface area contributed by atoms with E-state index in [4.69, 9.17) is 19.5 Å². The molecule has 1 aromatic heterocycles. The second-order valence-corrected chi connectivity index (χ2v) is 9.98. The van der Waals surface area contributed by atoms with Crippen LogP contribution in [0.1, 0.15) is 61.2 Å². The third-order valence-electron chi connectivity index (χ3n) is 6.60. The number of thiazole rings is 1. The van der Waals surface area contributed by atoms with Crippen LogP contribution in [0.5, 0.6) is 11.5 Å². The zero-order chi connectivity index (χ0) is 22.8. The highest BCUT2D eigenvalue weighted by atomic mass is 32.1. The topological polar surface area (TPSA) is 93.0 Å². The van der Waals surface area contributed by atoms with Gasteiger partial charge in [-0.15, -0.1) is 11.3 Å². The third-order valence-corrected chi connectivity index (χ3v) is 7.56. The number of benzene rings is 1. The molecule has 0 amide bonds. The Morgan fingerprint density at radius 3 is 3.06 bits per heavy atom. The van der Waals surface area contributed by atoms with Crippen molar-refractivity contribution in [3.8, 4) is 11.5 Å². The second-order valence-electron chi connectivity index (χ2n) is 9.03. The molecule has 0 saturated heterocycles. The molecule has 1 aromatic carbocycles. The number of hydrogen-bond donors (Lipinski definition) is 2. The first kappa shape index (κ1) is 21.9. The summed E-state index contributed by atoms with van der Waals surface area (Å²) in [7, 11) is 0. The molecule has 2 aromatic rings. The zero-order valence-corrected chi connectivity index (χ0v) is 19.6. The third kappa shape index (κ3) is 5.05. The molecular weight excluding hydrogens is 438 g/mol. The molecule has 0 aliphatic carbocycles. The first-order chi connectivity index (χ1) is 16.0. The lowest BCUT2D eigenvalue weighted by atomic mass is 9.88. The van der Waals surface area contributed by atoms with Gasteiger partial charge in [-0.1, -0.05) is 13.0 Å². The average Bonchev–Trinajstić information content (AvgIpc) is 3.45. The number of hydrogen-bond acceptors (Lipinski definition) is 7. The average molecular weight is 468 g/mol. The molecule has 0 saturated carbocycles. The predicted molar refractivity (Wildman–Crippen MR) is 127 cm³/mol. The molecule has 33 heavy (non-hydrogen) atoms. The molecule has 174 valence electrons. The fourth-order valence-electron chi connectivity index (χ4n) is 4.84. The van der Waals surface area contributed by atoms with Gasteiger partial charge >= 0.3 is 5.97 Å². The summed E-state index contributed by atoms with van der Waals surface area (Å²) in [6.07, 6.45) is 5.88. The van der Waals surface area contributed by atoms with Crippen molar-refractivity contribution in [2.75, 3.05) is 13.3 Å². The lowest BCUT2D eigenvalue weighted by molar-refractivity contribution is -0.137. The summed E-state index contributed by atoms with van der Waals surface area (Å²) in [6, 6.07) is 5.68. The molecule has 0 radical (unpaired) electrons. The van der Waals surface area contributed by atoms with Crippen LogP contribution in [-0.4, -0.2) is 35.1 Å². The quantitative estimate of drug-likeness (QED) is 0.586. The Morgan fingerprint density at radius 1 is 1.30 bits per heavy atom. The van der Waals surface area contributed by atoms with Crippen molar-refractivity contribution in [3.05, 3.63) is 51.2 Å². The van der Waals surface area contributed by atoms with Crippen LogP contribution in [0.3, 0.4) is 0 Å². The predicted octanol–water partition coefficient (Wildman–Crippen LogP) is 4.68. The van der Waals surface area contributed by atoms with Crippen LogP contribution in [0, 0.1) is 5.92 Å². The molecule has 5 rings (SSSR count). The van der Waals surface area contributed by atoms with E-state index in [0.29, 0.717) is 23.8 Å². The zero-order valence-electron chi connectivity index (χ0n) is 18.8. The van der Waals surface area contributed by atoms with E-state index in [9.17, 15) is 9.90 Å². The first-order valence-corrected chi connectivity index (χ1v) is 12.5. The molecule has 0 spiro atoms. The van der Waals surface area contributed by atoms with Gasteiger partial charge in [0.15, 0.2) is 11.5 Å². The van der Waals surface area contributed by atoms with Crippen molar-refractivity contribution >= 4 is 23.0 Å². The molecule has 0 fully saturated rings. The highest BCUT2D eigenvalue weighted by Gasteiger charge is 2.24. The highest BCUT2D eigenvalue weighted by molar-refractivity contribution is 7.09. The van der Waals surface area contributed by atoms with Gasteiger partial charge in [-0.2, -0.15) is 0 Å². The largest absolute Gasteiger partial charge is 0.481 e. The summed E-state index contributed by atoms with van der Waals surface area (Å²) in [4.78, 5) is 21.3. The number of rotatable bonds is 8. The van der Waals surface area contributed by atoms with Crippen LogP contribution < -0.4 is 14.8 Å². The Balaban J connectivity index is 1.25. The minimum absolute atomic E-state index is 0.0469. The van der Waals surface area contributed by atoms with Gasteiger partial charge in [0.2, 0.25) is 6.79 Å². The van der Waals surface area contributed by atoms with Crippen molar-refractivity contribution in [3.63, 3.8) is 0 Å². The number of nitrogens with one attached hydrogen (secondary N) is 1. The summed E-state index contributed by atoms with van der Waals surface area (Å²) < 4.78 is 10.9. The molecule has 3 aliphatic heterocycles. The second kappa shape index (κ2) is 9.55. The molecule has 7 nitrogen and oxygen atoms in total. The number of carbonyl (C=O) groups is 1. The van der Waals surface area contributed by atoms with E-state index in [0.717, 1.165) is 47.9 Å². The Hall–Kier alpha value is -2.87. The SMILES string of the molecule is CC1CC2=C(N=C1CCc1nc(C[C@@H](CC(=O)O)c3ccc4c(c3)OCO4)cs1)NCCC2. The Kier molecular flexibility index (Phi) is 6.35. The number of aliphatic carboxylic acids is 1. The van der Waals surface area contributed by atoms with Gasteiger partial charge < -0.3 is 19.9 Å². The number of carboxylic acids is 1. The lowest BCUT2D eigenvalue weighted by Gasteiger charge is -2.28. The Labute approximate surface area is 197 Å². The van der Waals surface area contributed by atoms with E-state index in [-0.39, 0.29) is 19.1 Å². The van der Waals surface area contributed by atoms with Gasteiger partial charge in [0.25, 0.3) is 0 Å². The van der Waals surface area contributed by atoms with Gasteiger partial charge in [-0.25, -0.2) is 9.98 Å². The molecule has 1 unspecified atom stereocenters. The summed E-state index contributed by atoms with van der Waals surface area (Å²) in [5.41, 5.74) is 4.60. The molecule has 8 heteroatoms. The van der Waals surface area contributed by atoms with E-state index in [2.05, 4.69) is 17.6 Å². The van der Waals surface area contributed by atoms with E-state index >= 15 is 0 Å². The monoisotopic (exact) mass is 467 g/mol. The summed E-state index contributed by atoms with van der Waals surface area (Å²) >= 11 is 1.65. The van der Waals surface area contributed by atoms with Crippen LogP contribution in [0.25, 0.3) is 0 Å². The molecule has 3 aliphatic rings. The van der Waals surface area contributed by atoms with Crippen LogP contribution in [0.4, 0.5) is 0 Å². The van der Waals surface area contributed by atoms with Crippen molar-refractivity contribution in [1.82, 2.24) is 10.3 Å². The number of carboxylic acid groups (broad SMARTS) is 1. The highest BCUT2D eigenvalue weighted by Crippen LogP contribution is 2.36. The van der Waals surface area contributed by atoms with Crippen molar-refractivity contribution < 1.29 is 19.4 Å². The number of ether oxygens (including phenoxy) is 2. The molecule has 0 bridgehead atoms. The maximum absolute atomic E-state index is 11.5. The van der Waals surface area contributed by atoms with Gasteiger partial charge in [-0.05, 0) is 61.3 Å². The number of fused-ring (bicyclic) bond motifs is 1. The molecule has 2 N–H and O–H groups in total. The number of aromatic nitrogens is 1.